The summed E-state index contributed by atoms with van der Waals surface area (Å²) < 4.78 is 5.95. The molecule has 0 saturated heterocycles. The third-order valence-corrected chi connectivity index (χ3v) is 5.53. The van der Waals surface area contributed by atoms with Crippen molar-refractivity contribution in [3.63, 3.8) is 0 Å². The Balaban J connectivity index is 1.54. The van der Waals surface area contributed by atoms with Crippen molar-refractivity contribution in [1.29, 1.82) is 0 Å². The van der Waals surface area contributed by atoms with Crippen molar-refractivity contribution in [2.75, 3.05) is 11.6 Å². The first-order valence-electron chi connectivity index (χ1n) is 8.92. The highest BCUT2D eigenvalue weighted by atomic mass is 32.2. The predicted molar refractivity (Wildman–Crippen MR) is 109 cm³/mol. The number of hydrogen-bond acceptors (Lipinski definition) is 5. The van der Waals surface area contributed by atoms with Gasteiger partial charge in [0.25, 0.3) is 0 Å². The average molecular weight is 366 g/mol. The summed E-state index contributed by atoms with van der Waals surface area (Å²) in [6.07, 6.45) is 2.97. The molecule has 134 valence electrons. The fourth-order valence-electron chi connectivity index (χ4n) is 3.01. The first kappa shape index (κ1) is 17.2. The van der Waals surface area contributed by atoms with Gasteiger partial charge in [-0.05, 0) is 35.2 Å². The third kappa shape index (κ3) is 3.49. The molecule has 0 radical (unpaired) electrons. The first-order chi connectivity index (χ1) is 12.5. The smallest absolute Gasteiger partial charge is 0.205 e. The second kappa shape index (κ2) is 6.80. The van der Waals surface area contributed by atoms with Crippen LogP contribution in [0.15, 0.2) is 56.9 Å². The van der Waals surface area contributed by atoms with Crippen LogP contribution >= 0.6 is 11.8 Å². The number of hydrogen-bond donors (Lipinski definition) is 0. The molecule has 5 heteroatoms. The van der Waals surface area contributed by atoms with Gasteiger partial charge >= 0.3 is 0 Å². The summed E-state index contributed by atoms with van der Waals surface area (Å²) in [4.78, 5) is 5.90. The van der Waals surface area contributed by atoms with E-state index in [9.17, 15) is 0 Å². The molecule has 0 unspecified atom stereocenters. The van der Waals surface area contributed by atoms with Crippen LogP contribution in [0, 0.1) is 0 Å². The maximum Gasteiger partial charge on any atom is 0.205 e. The molecule has 26 heavy (non-hydrogen) atoms. The zero-order chi connectivity index (χ0) is 18.1. The average Bonchev–Trinajstić information content (AvgIpc) is 3.28. The van der Waals surface area contributed by atoms with E-state index in [4.69, 9.17) is 9.40 Å². The lowest BCUT2D eigenvalue weighted by Crippen LogP contribution is -2.12. The van der Waals surface area contributed by atoms with Crippen LogP contribution in [0.3, 0.4) is 0 Å². The molecule has 4 rings (SSSR count). The summed E-state index contributed by atoms with van der Waals surface area (Å²) in [6.45, 7) is 7.57. The summed E-state index contributed by atoms with van der Waals surface area (Å²) in [5.74, 6) is 1.46. The molecular weight excluding hydrogens is 342 g/mol. The van der Waals surface area contributed by atoms with Crippen molar-refractivity contribution in [1.82, 2.24) is 4.98 Å². The number of oxazole rings is 1. The van der Waals surface area contributed by atoms with E-state index in [0.29, 0.717) is 5.75 Å². The van der Waals surface area contributed by atoms with Gasteiger partial charge in [0.2, 0.25) is 5.89 Å². The van der Waals surface area contributed by atoms with Gasteiger partial charge in [0.05, 0.1) is 11.4 Å². The normalized spacial score (nSPS) is 14.5. The summed E-state index contributed by atoms with van der Waals surface area (Å²) in [5, 5.41) is 6.50. The molecule has 1 aliphatic heterocycles. The molecule has 2 heterocycles. The van der Waals surface area contributed by atoms with E-state index in [0.717, 1.165) is 35.6 Å². The van der Waals surface area contributed by atoms with Crippen molar-refractivity contribution in [3.05, 3.63) is 53.9 Å². The Bertz CT molecular complexity index is 955. The molecule has 0 bridgehead atoms. The number of benzene rings is 2. The number of para-hydroxylation sites is 1. The zero-order valence-corrected chi connectivity index (χ0v) is 16.2. The maximum absolute atomic E-state index is 5.95. The molecule has 0 spiro atoms. The quantitative estimate of drug-likeness (QED) is 0.563. The van der Waals surface area contributed by atoms with Gasteiger partial charge in [0.1, 0.15) is 5.52 Å². The van der Waals surface area contributed by atoms with Gasteiger partial charge in [0, 0.05) is 24.1 Å². The lowest BCUT2D eigenvalue weighted by atomic mass is 9.87. The van der Waals surface area contributed by atoms with Crippen LogP contribution in [0.2, 0.25) is 0 Å². The molecule has 2 aromatic carbocycles. The van der Waals surface area contributed by atoms with E-state index in [-0.39, 0.29) is 5.41 Å². The molecule has 0 N–H and O–H groups in total. The zero-order valence-electron chi connectivity index (χ0n) is 15.4. The van der Waals surface area contributed by atoms with Crippen LogP contribution in [0.25, 0.3) is 11.1 Å². The topological polar surface area (TPSA) is 41.6 Å². The highest BCUT2D eigenvalue weighted by Gasteiger charge is 2.17. The van der Waals surface area contributed by atoms with Crippen LogP contribution < -0.4 is 5.01 Å². The largest absolute Gasteiger partial charge is 0.440 e. The minimum Gasteiger partial charge on any atom is -0.440 e. The van der Waals surface area contributed by atoms with E-state index >= 15 is 0 Å². The molecule has 0 fully saturated rings. The molecule has 0 atom stereocenters. The van der Waals surface area contributed by atoms with Crippen molar-refractivity contribution in [2.45, 2.75) is 43.3 Å². The number of thioether (sulfide) groups is 1. The van der Waals surface area contributed by atoms with Crippen LogP contribution in [0.1, 0.15) is 38.6 Å². The van der Waals surface area contributed by atoms with Crippen molar-refractivity contribution < 1.29 is 4.42 Å². The standard InChI is InChI=1S/C21H23N3OS/c1-21(2,3)15-9-10-18-16(13-15)23-20(25-18)14-26-19-8-5-4-7-17(19)24-12-6-11-22-24/h4-5,7-11,13H,6,12,14H2,1-3H3. The summed E-state index contributed by atoms with van der Waals surface area (Å²) in [7, 11) is 0. The van der Waals surface area contributed by atoms with Crippen molar-refractivity contribution in [2.24, 2.45) is 5.10 Å². The Kier molecular flexibility index (Phi) is 4.49. The summed E-state index contributed by atoms with van der Waals surface area (Å²) in [5.41, 5.74) is 4.32. The van der Waals surface area contributed by atoms with Gasteiger partial charge < -0.3 is 4.42 Å². The van der Waals surface area contributed by atoms with Gasteiger partial charge in [-0.15, -0.1) is 11.8 Å². The van der Waals surface area contributed by atoms with Gasteiger partial charge in [-0.1, -0.05) is 39.0 Å². The Hall–Kier alpha value is -2.27. The number of fused-ring (bicyclic) bond motifs is 1. The lowest BCUT2D eigenvalue weighted by molar-refractivity contribution is 0.555. The van der Waals surface area contributed by atoms with Crippen LogP contribution in [-0.4, -0.2) is 17.7 Å². The van der Waals surface area contributed by atoms with Crippen LogP contribution in [0.4, 0.5) is 5.69 Å². The number of rotatable bonds is 4. The van der Waals surface area contributed by atoms with Gasteiger partial charge in [-0.25, -0.2) is 4.98 Å². The van der Waals surface area contributed by atoms with E-state index in [1.807, 2.05) is 12.3 Å². The molecule has 1 aliphatic rings. The van der Waals surface area contributed by atoms with E-state index in [1.165, 1.54) is 10.5 Å². The monoisotopic (exact) mass is 365 g/mol. The predicted octanol–water partition coefficient (Wildman–Crippen LogP) is 5.61. The van der Waals surface area contributed by atoms with Crippen molar-refractivity contribution in [3.8, 4) is 0 Å². The Morgan fingerprint density at radius 1 is 1.15 bits per heavy atom. The number of hydrazone groups is 1. The minimum atomic E-state index is 0.108. The maximum atomic E-state index is 5.95. The first-order valence-corrected chi connectivity index (χ1v) is 9.91. The highest BCUT2D eigenvalue weighted by Crippen LogP contribution is 2.34. The van der Waals surface area contributed by atoms with E-state index in [1.54, 1.807) is 11.8 Å². The second-order valence-corrected chi connectivity index (χ2v) is 8.52. The highest BCUT2D eigenvalue weighted by molar-refractivity contribution is 7.98. The van der Waals surface area contributed by atoms with Crippen LogP contribution in [-0.2, 0) is 11.2 Å². The molecule has 0 amide bonds. The Morgan fingerprint density at radius 2 is 2.00 bits per heavy atom. The van der Waals surface area contributed by atoms with Crippen LogP contribution in [0.5, 0.6) is 0 Å². The molecule has 1 aromatic heterocycles. The Morgan fingerprint density at radius 3 is 2.77 bits per heavy atom. The molecule has 0 saturated carbocycles. The lowest BCUT2D eigenvalue weighted by Gasteiger charge is -2.18. The molecule has 4 nitrogen and oxygen atoms in total. The van der Waals surface area contributed by atoms with Gasteiger partial charge in [0.15, 0.2) is 5.58 Å². The fraction of sp³-hybridized carbons (Fsp3) is 0.333. The number of anilines is 1. The fourth-order valence-corrected chi connectivity index (χ4v) is 3.91. The number of nitrogens with zero attached hydrogens (tertiary/aromatic N) is 3. The molecule has 3 aromatic rings. The van der Waals surface area contributed by atoms with E-state index in [2.05, 4.69) is 67.3 Å². The molecule has 0 aliphatic carbocycles. The minimum absolute atomic E-state index is 0.108. The van der Waals surface area contributed by atoms with E-state index < -0.39 is 0 Å². The Labute approximate surface area is 158 Å². The number of aromatic nitrogens is 1. The van der Waals surface area contributed by atoms with Gasteiger partial charge in [-0.2, -0.15) is 5.10 Å². The third-order valence-electron chi connectivity index (χ3n) is 4.48. The van der Waals surface area contributed by atoms with Crippen molar-refractivity contribution >= 4 is 34.8 Å². The second-order valence-electron chi connectivity index (χ2n) is 7.51. The molecular formula is C21H23N3OS. The SMILES string of the molecule is CC(C)(C)c1ccc2oc(CSc3ccccc3N3CCC=N3)nc2c1. The summed E-state index contributed by atoms with van der Waals surface area (Å²) >= 11 is 1.74. The van der Waals surface area contributed by atoms with Gasteiger partial charge in [-0.3, -0.25) is 5.01 Å². The summed E-state index contributed by atoms with van der Waals surface area (Å²) in [6, 6.07) is 14.7.